The summed E-state index contributed by atoms with van der Waals surface area (Å²) in [5.41, 5.74) is 2.56. The number of para-hydroxylation sites is 1. The Kier molecular flexibility index (Phi) is 4.22. The Morgan fingerprint density at radius 3 is 2.94 bits per heavy atom. The van der Waals surface area contributed by atoms with Gasteiger partial charge >= 0.3 is 0 Å². The van der Waals surface area contributed by atoms with Gasteiger partial charge < -0.3 is 10.2 Å². The third-order valence-electron chi connectivity index (χ3n) is 3.71. The lowest BCUT2D eigenvalue weighted by molar-refractivity contribution is 0.550. The molecule has 1 aromatic rings. The van der Waals surface area contributed by atoms with Crippen molar-refractivity contribution >= 4 is 5.69 Å². The van der Waals surface area contributed by atoms with Crippen LogP contribution in [-0.4, -0.2) is 25.2 Å². The average Bonchev–Trinajstić information content (AvgIpc) is 2.53. The zero-order valence-electron chi connectivity index (χ0n) is 11.2. The highest BCUT2D eigenvalue weighted by molar-refractivity contribution is 5.55. The van der Waals surface area contributed by atoms with Gasteiger partial charge in [-0.05, 0) is 38.4 Å². The van der Waals surface area contributed by atoms with Crippen LogP contribution in [0.5, 0.6) is 0 Å². The van der Waals surface area contributed by atoms with Crippen molar-refractivity contribution in [1.29, 1.82) is 5.26 Å². The van der Waals surface area contributed by atoms with Crippen LogP contribution in [0, 0.1) is 18.3 Å². The van der Waals surface area contributed by atoms with Crippen molar-refractivity contribution < 1.29 is 0 Å². The highest BCUT2D eigenvalue weighted by atomic mass is 15.2. The Hall–Kier alpha value is -1.53. The molecule has 2 atom stereocenters. The Labute approximate surface area is 109 Å². The van der Waals surface area contributed by atoms with Crippen LogP contribution in [0.3, 0.4) is 0 Å². The first-order valence-corrected chi connectivity index (χ1v) is 6.65. The number of hydrogen-bond donors (Lipinski definition) is 1. The summed E-state index contributed by atoms with van der Waals surface area (Å²) in [6, 6.07) is 11.5. The van der Waals surface area contributed by atoms with Gasteiger partial charge in [0.1, 0.15) is 0 Å². The van der Waals surface area contributed by atoms with E-state index >= 15 is 0 Å². The van der Waals surface area contributed by atoms with E-state index in [1.807, 2.05) is 0 Å². The molecular weight excluding hydrogens is 222 g/mol. The number of nitrogens with zero attached hydrogens (tertiary/aromatic N) is 2. The summed E-state index contributed by atoms with van der Waals surface area (Å²) in [6.07, 6.45) is 1.70. The van der Waals surface area contributed by atoms with Crippen molar-refractivity contribution in [3.63, 3.8) is 0 Å². The van der Waals surface area contributed by atoms with E-state index in [4.69, 9.17) is 5.26 Å². The van der Waals surface area contributed by atoms with Gasteiger partial charge in [0, 0.05) is 18.3 Å². The van der Waals surface area contributed by atoms with Crippen LogP contribution >= 0.6 is 0 Å². The monoisotopic (exact) mass is 243 g/mol. The first-order valence-electron chi connectivity index (χ1n) is 6.65. The maximum absolute atomic E-state index is 9.03. The quantitative estimate of drug-likeness (QED) is 0.867. The molecule has 0 spiro atoms. The van der Waals surface area contributed by atoms with Gasteiger partial charge in [-0.3, -0.25) is 0 Å². The Morgan fingerprint density at radius 1 is 1.44 bits per heavy atom. The van der Waals surface area contributed by atoms with E-state index in [2.05, 4.69) is 54.4 Å². The van der Waals surface area contributed by atoms with Crippen LogP contribution in [0.1, 0.15) is 25.3 Å². The maximum atomic E-state index is 9.03. The van der Waals surface area contributed by atoms with Gasteiger partial charge in [0.15, 0.2) is 0 Å². The molecule has 1 aliphatic heterocycles. The number of hydrogen-bond acceptors (Lipinski definition) is 3. The molecular formula is C15H21N3. The summed E-state index contributed by atoms with van der Waals surface area (Å²) in [4.78, 5) is 2.43. The predicted octanol–water partition coefficient (Wildman–Crippen LogP) is 2.47. The van der Waals surface area contributed by atoms with Crippen molar-refractivity contribution in [1.82, 2.24) is 5.32 Å². The summed E-state index contributed by atoms with van der Waals surface area (Å²) in [7, 11) is 0. The molecule has 1 aliphatic rings. The van der Waals surface area contributed by atoms with E-state index in [0.717, 1.165) is 19.5 Å². The SMILES string of the molecule is Cc1ccccc1N1C(C)CCNCC1CC#N. The van der Waals surface area contributed by atoms with Gasteiger partial charge in [-0.1, -0.05) is 18.2 Å². The minimum atomic E-state index is 0.272. The van der Waals surface area contributed by atoms with Crippen LogP contribution in [0.25, 0.3) is 0 Å². The third-order valence-corrected chi connectivity index (χ3v) is 3.71. The molecule has 2 unspecified atom stereocenters. The van der Waals surface area contributed by atoms with E-state index in [9.17, 15) is 0 Å². The summed E-state index contributed by atoms with van der Waals surface area (Å²) >= 11 is 0. The number of rotatable bonds is 2. The number of nitriles is 1. The standard InChI is InChI=1S/C15H21N3/c1-12-5-3-4-6-15(12)18-13(2)8-10-17-11-14(18)7-9-16/h3-6,13-14,17H,7-8,10-11H2,1-2H3. The van der Waals surface area contributed by atoms with Gasteiger partial charge in [0.05, 0.1) is 18.5 Å². The van der Waals surface area contributed by atoms with E-state index < -0.39 is 0 Å². The number of anilines is 1. The molecule has 0 aliphatic carbocycles. The van der Waals surface area contributed by atoms with Gasteiger partial charge in [-0.2, -0.15) is 5.26 Å². The van der Waals surface area contributed by atoms with Crippen LogP contribution in [0.4, 0.5) is 5.69 Å². The molecule has 0 saturated carbocycles. The molecule has 2 rings (SSSR count). The molecule has 3 nitrogen and oxygen atoms in total. The van der Waals surface area contributed by atoms with Crippen molar-refractivity contribution in [3.8, 4) is 6.07 Å². The number of nitrogens with one attached hydrogen (secondary N) is 1. The van der Waals surface area contributed by atoms with Crippen molar-refractivity contribution in [2.75, 3.05) is 18.0 Å². The lowest BCUT2D eigenvalue weighted by Gasteiger charge is -2.36. The molecule has 0 aromatic heterocycles. The Balaban J connectivity index is 2.35. The zero-order chi connectivity index (χ0) is 13.0. The largest absolute Gasteiger partial charge is 0.363 e. The van der Waals surface area contributed by atoms with Gasteiger partial charge in [0.2, 0.25) is 0 Å². The Bertz CT molecular complexity index is 436. The number of aryl methyl sites for hydroxylation is 1. The maximum Gasteiger partial charge on any atom is 0.0643 e. The van der Waals surface area contributed by atoms with Crippen LogP contribution in [0.2, 0.25) is 0 Å². The summed E-state index contributed by atoms with van der Waals surface area (Å²) in [5.74, 6) is 0. The molecule has 18 heavy (non-hydrogen) atoms. The molecule has 0 amide bonds. The highest BCUT2D eigenvalue weighted by Gasteiger charge is 2.26. The minimum Gasteiger partial charge on any atom is -0.363 e. The van der Waals surface area contributed by atoms with Gasteiger partial charge in [-0.25, -0.2) is 0 Å². The second-order valence-electron chi connectivity index (χ2n) is 5.05. The first-order chi connectivity index (χ1) is 8.74. The van der Waals surface area contributed by atoms with E-state index in [1.165, 1.54) is 11.3 Å². The first kappa shape index (κ1) is 12.9. The summed E-state index contributed by atoms with van der Waals surface area (Å²) in [6.45, 7) is 6.32. The van der Waals surface area contributed by atoms with Crippen molar-refractivity contribution in [3.05, 3.63) is 29.8 Å². The molecule has 1 heterocycles. The zero-order valence-corrected chi connectivity index (χ0v) is 11.2. The summed E-state index contributed by atoms with van der Waals surface area (Å²) in [5, 5.41) is 12.5. The average molecular weight is 243 g/mol. The Morgan fingerprint density at radius 2 is 2.22 bits per heavy atom. The minimum absolute atomic E-state index is 0.272. The van der Waals surface area contributed by atoms with E-state index in [1.54, 1.807) is 0 Å². The van der Waals surface area contributed by atoms with E-state index in [-0.39, 0.29) is 6.04 Å². The van der Waals surface area contributed by atoms with Gasteiger partial charge in [-0.15, -0.1) is 0 Å². The van der Waals surface area contributed by atoms with Crippen molar-refractivity contribution in [2.45, 2.75) is 38.8 Å². The van der Waals surface area contributed by atoms with Crippen LogP contribution < -0.4 is 10.2 Å². The molecule has 96 valence electrons. The summed E-state index contributed by atoms with van der Waals surface area (Å²) < 4.78 is 0. The smallest absolute Gasteiger partial charge is 0.0643 e. The second kappa shape index (κ2) is 5.88. The molecule has 1 fully saturated rings. The topological polar surface area (TPSA) is 39.1 Å². The fraction of sp³-hybridized carbons (Fsp3) is 0.533. The second-order valence-corrected chi connectivity index (χ2v) is 5.05. The van der Waals surface area contributed by atoms with Crippen molar-refractivity contribution in [2.24, 2.45) is 0 Å². The van der Waals surface area contributed by atoms with Gasteiger partial charge in [0.25, 0.3) is 0 Å². The normalized spacial score (nSPS) is 24.4. The fourth-order valence-electron chi connectivity index (χ4n) is 2.74. The molecule has 1 N–H and O–H groups in total. The molecule has 3 heteroatoms. The molecule has 1 saturated heterocycles. The van der Waals surface area contributed by atoms with Crippen LogP contribution in [-0.2, 0) is 0 Å². The number of benzene rings is 1. The lowest BCUT2D eigenvalue weighted by atomic mass is 10.1. The molecule has 1 aromatic carbocycles. The highest BCUT2D eigenvalue weighted by Crippen LogP contribution is 2.27. The molecule has 0 bridgehead atoms. The van der Waals surface area contributed by atoms with E-state index in [0.29, 0.717) is 12.5 Å². The third kappa shape index (κ3) is 2.65. The lowest BCUT2D eigenvalue weighted by Crippen LogP contribution is -2.44. The predicted molar refractivity (Wildman–Crippen MR) is 74.6 cm³/mol. The molecule has 0 radical (unpaired) electrons. The fourth-order valence-corrected chi connectivity index (χ4v) is 2.74. The van der Waals surface area contributed by atoms with Crippen LogP contribution in [0.15, 0.2) is 24.3 Å².